The molecule has 0 bridgehead atoms. The van der Waals surface area contributed by atoms with Gasteiger partial charge in [-0.2, -0.15) is 0 Å². The van der Waals surface area contributed by atoms with Crippen molar-refractivity contribution in [1.29, 1.82) is 0 Å². The van der Waals surface area contributed by atoms with Crippen LogP contribution in [0, 0.1) is 37.7 Å². The zero-order chi connectivity index (χ0) is 29.4. The fourth-order valence-electron chi connectivity index (χ4n) is 5.21. The largest absolute Gasteiger partial charge is 0.512 e. The second kappa shape index (κ2) is 16.3. The molecule has 0 spiro atoms. The Balaban J connectivity index is 0.000000320. The van der Waals surface area contributed by atoms with Gasteiger partial charge in [-0.3, -0.25) is 9.78 Å². The molecule has 0 aliphatic heterocycles. The number of rotatable bonds is 10. The Morgan fingerprint density at radius 2 is 1.51 bits per heavy atom. The van der Waals surface area contributed by atoms with Gasteiger partial charge in [-0.15, -0.1) is 46.2 Å². The average molecular weight is 750 g/mol. The third-order valence-electron chi connectivity index (χ3n) is 7.46. The predicted octanol–water partition coefficient (Wildman–Crippen LogP) is 9.99. The van der Waals surface area contributed by atoms with Crippen molar-refractivity contribution in [2.75, 3.05) is 0 Å². The number of thiophene rings is 1. The van der Waals surface area contributed by atoms with E-state index in [0.29, 0.717) is 5.92 Å². The first kappa shape index (κ1) is 34.8. The molecule has 0 saturated carbocycles. The van der Waals surface area contributed by atoms with Gasteiger partial charge in [0.15, 0.2) is 5.78 Å². The number of hydrogen-bond acceptors (Lipinski definition) is 5. The number of carbonyl (C=O) groups excluding carboxylic acids is 1. The molecule has 0 aliphatic rings. The Morgan fingerprint density at radius 3 is 2.07 bits per heavy atom. The van der Waals surface area contributed by atoms with Gasteiger partial charge >= 0.3 is 0 Å². The molecule has 1 N–H and O–H groups in total. The van der Waals surface area contributed by atoms with Crippen LogP contribution in [0.5, 0.6) is 0 Å². The molecule has 1 radical (unpaired) electrons. The maximum absolute atomic E-state index is 11.7. The van der Waals surface area contributed by atoms with Gasteiger partial charge in [0.25, 0.3) is 0 Å². The Labute approximate surface area is 264 Å². The van der Waals surface area contributed by atoms with Gasteiger partial charge in [0.1, 0.15) is 0 Å². The van der Waals surface area contributed by atoms with Crippen LogP contribution in [0.4, 0.5) is 0 Å². The van der Waals surface area contributed by atoms with Crippen LogP contribution < -0.4 is 0 Å². The summed E-state index contributed by atoms with van der Waals surface area (Å²) in [5.41, 5.74) is 5.70. The number of allylic oxidation sites excluding steroid dienone is 2. The van der Waals surface area contributed by atoms with Gasteiger partial charge in [0.2, 0.25) is 0 Å². The van der Waals surface area contributed by atoms with Gasteiger partial charge in [0.05, 0.1) is 16.2 Å². The van der Waals surface area contributed by atoms with Crippen LogP contribution in [-0.2, 0) is 31.3 Å². The Bertz CT molecular complexity index is 1450. The first-order valence-corrected chi connectivity index (χ1v) is 15.5. The Kier molecular flexibility index (Phi) is 13.8. The van der Waals surface area contributed by atoms with E-state index in [-0.39, 0.29) is 43.5 Å². The third-order valence-corrected chi connectivity index (χ3v) is 8.74. The number of aromatic nitrogens is 2. The molecule has 0 aliphatic carbocycles. The zero-order valence-electron chi connectivity index (χ0n) is 25.8. The minimum atomic E-state index is 0. The second-order valence-corrected chi connectivity index (χ2v) is 12.1. The SMILES string of the molecule is CCC(CC)C(=O)/C=C(\O)C(CC)CC.Cc1[c-]c(-c2nccc3c2sc2c(CC(C)C)nccc23)cc(C)c1.[Ir]. The van der Waals surface area contributed by atoms with Crippen molar-refractivity contribution in [3.8, 4) is 11.3 Å². The number of aryl methyl sites for hydroxylation is 2. The molecule has 223 valence electrons. The summed E-state index contributed by atoms with van der Waals surface area (Å²) in [6, 6.07) is 12.1. The molecule has 0 unspecified atom stereocenters. The maximum Gasteiger partial charge on any atom is 0.162 e. The van der Waals surface area contributed by atoms with Crippen molar-refractivity contribution >= 4 is 37.3 Å². The van der Waals surface area contributed by atoms with E-state index >= 15 is 0 Å². The van der Waals surface area contributed by atoms with E-state index in [2.05, 4.69) is 63.0 Å². The molecule has 0 atom stereocenters. The van der Waals surface area contributed by atoms with Crippen LogP contribution >= 0.6 is 11.3 Å². The summed E-state index contributed by atoms with van der Waals surface area (Å²) < 4.78 is 2.53. The number of ketones is 1. The number of aliphatic hydroxyl groups excluding tert-OH is 1. The van der Waals surface area contributed by atoms with Crippen molar-refractivity contribution in [1.82, 2.24) is 9.97 Å². The molecule has 0 saturated heterocycles. The molecule has 1 aromatic carbocycles. The Morgan fingerprint density at radius 1 is 0.927 bits per heavy atom. The number of hydrogen-bond donors (Lipinski definition) is 1. The summed E-state index contributed by atoms with van der Waals surface area (Å²) in [6.07, 6.45) is 9.76. The van der Waals surface area contributed by atoms with Gasteiger partial charge < -0.3 is 10.1 Å². The van der Waals surface area contributed by atoms with E-state index in [1.54, 1.807) is 0 Å². The van der Waals surface area contributed by atoms with Crippen molar-refractivity contribution in [3.05, 3.63) is 71.4 Å². The molecule has 0 amide bonds. The summed E-state index contributed by atoms with van der Waals surface area (Å²) in [5, 5.41) is 12.3. The normalized spacial score (nSPS) is 11.7. The molecule has 3 heterocycles. The van der Waals surface area contributed by atoms with Crippen LogP contribution in [0.25, 0.3) is 31.4 Å². The van der Waals surface area contributed by atoms with Gasteiger partial charge in [-0.1, -0.05) is 55.4 Å². The molecule has 4 aromatic rings. The van der Waals surface area contributed by atoms with E-state index in [1.165, 1.54) is 37.5 Å². The van der Waals surface area contributed by atoms with Crippen LogP contribution in [0.2, 0.25) is 0 Å². The van der Waals surface area contributed by atoms with Gasteiger partial charge in [-0.25, -0.2) is 0 Å². The Hall–Kier alpha value is -2.40. The number of pyridine rings is 2. The number of benzene rings is 1. The topological polar surface area (TPSA) is 63.1 Å². The second-order valence-electron chi connectivity index (χ2n) is 11.1. The van der Waals surface area contributed by atoms with E-state index in [9.17, 15) is 9.90 Å². The van der Waals surface area contributed by atoms with Gasteiger partial charge in [0, 0.05) is 66.2 Å². The van der Waals surface area contributed by atoms with Gasteiger partial charge in [-0.05, 0) is 55.5 Å². The van der Waals surface area contributed by atoms with Crippen LogP contribution in [0.15, 0.2) is 48.5 Å². The monoisotopic (exact) mass is 750 g/mol. The van der Waals surface area contributed by atoms with E-state index in [0.717, 1.165) is 48.9 Å². The van der Waals surface area contributed by atoms with Crippen LogP contribution in [-0.4, -0.2) is 20.9 Å². The minimum absolute atomic E-state index is 0. The number of carbonyl (C=O) groups is 1. The fraction of sp³-hybridized carbons (Fsp3) is 0.457. The number of aliphatic hydroxyl groups is 1. The minimum Gasteiger partial charge on any atom is -0.512 e. The van der Waals surface area contributed by atoms with Crippen LogP contribution in [0.3, 0.4) is 0 Å². The maximum atomic E-state index is 11.7. The average Bonchev–Trinajstić information content (AvgIpc) is 3.29. The van der Waals surface area contributed by atoms with Crippen LogP contribution in [0.1, 0.15) is 84.0 Å². The summed E-state index contributed by atoms with van der Waals surface area (Å²) in [5.74, 6) is 1.14. The van der Waals surface area contributed by atoms with Crippen molar-refractivity contribution in [3.63, 3.8) is 0 Å². The first-order valence-electron chi connectivity index (χ1n) is 14.7. The first-order chi connectivity index (χ1) is 19.1. The predicted molar refractivity (Wildman–Crippen MR) is 171 cm³/mol. The third kappa shape index (κ3) is 8.80. The molecular weight excluding hydrogens is 705 g/mol. The molecule has 0 fully saturated rings. The molecule has 4 nitrogen and oxygen atoms in total. The van der Waals surface area contributed by atoms with Crippen molar-refractivity contribution < 1.29 is 30.0 Å². The summed E-state index contributed by atoms with van der Waals surface area (Å²) >= 11 is 1.82. The smallest absolute Gasteiger partial charge is 0.162 e. The number of fused-ring (bicyclic) bond motifs is 3. The summed E-state index contributed by atoms with van der Waals surface area (Å²) in [4.78, 5) is 21.1. The van der Waals surface area contributed by atoms with E-state index in [1.807, 2.05) is 51.4 Å². The molecule has 41 heavy (non-hydrogen) atoms. The van der Waals surface area contributed by atoms with E-state index < -0.39 is 0 Å². The number of nitrogens with zero attached hydrogens (tertiary/aromatic N) is 2. The fourth-order valence-corrected chi connectivity index (χ4v) is 6.50. The molecule has 3 aromatic heterocycles. The summed E-state index contributed by atoms with van der Waals surface area (Å²) in [6.45, 7) is 16.8. The van der Waals surface area contributed by atoms with Crippen molar-refractivity contribution in [2.45, 2.75) is 87.5 Å². The standard InChI is InChI=1S/C22H21N2S.C13H24O2.Ir/c1-13(2)9-19-21-17(5-7-23-19)18-6-8-24-20(22(18)25-21)16-11-14(3)10-15(4)12-16;1-5-10(6-2)12(14)9-13(15)11(7-3)8-4;/h5-8,10-11,13H,9H2,1-4H3;9-11,14H,5-8H2,1-4H3;/q-1;;/b;12-9-;. The summed E-state index contributed by atoms with van der Waals surface area (Å²) in [7, 11) is 0. The quantitative estimate of drug-likeness (QED) is 0.0997. The van der Waals surface area contributed by atoms with E-state index in [4.69, 9.17) is 4.98 Å². The molecule has 6 heteroatoms. The zero-order valence-corrected chi connectivity index (χ0v) is 29.0. The molecular formula is C35H45IrN2O2S-. The van der Waals surface area contributed by atoms with Crippen molar-refractivity contribution in [2.24, 2.45) is 17.8 Å². The molecule has 4 rings (SSSR count).